The second-order valence-corrected chi connectivity index (χ2v) is 4.72. The molecule has 0 radical (unpaired) electrons. The van der Waals surface area contributed by atoms with Crippen LogP contribution in [0.25, 0.3) is 0 Å². The van der Waals surface area contributed by atoms with Gasteiger partial charge in [-0.1, -0.05) is 6.92 Å². The molecule has 2 atom stereocenters. The molecule has 0 aliphatic heterocycles. The van der Waals surface area contributed by atoms with Gasteiger partial charge in [0.05, 0.1) is 11.7 Å². The van der Waals surface area contributed by atoms with E-state index in [0.717, 1.165) is 12.8 Å². The normalized spacial score (nSPS) is 15.1. The first-order chi connectivity index (χ1) is 7.51. The Hall–Kier alpha value is -0.830. The molecule has 0 aliphatic carbocycles. The molecular weight excluding hydrogens is 198 g/mol. The average Bonchev–Trinajstić information content (AvgIpc) is 2.53. The summed E-state index contributed by atoms with van der Waals surface area (Å²) in [6, 6.07) is 0.991. The Morgan fingerprint density at radius 2 is 1.94 bits per heavy atom. The summed E-state index contributed by atoms with van der Waals surface area (Å²) >= 11 is 0. The molecule has 0 spiro atoms. The van der Waals surface area contributed by atoms with Crippen LogP contribution in [0.2, 0.25) is 0 Å². The van der Waals surface area contributed by atoms with E-state index in [-0.39, 0.29) is 0 Å². The van der Waals surface area contributed by atoms with E-state index in [1.165, 1.54) is 17.0 Å². The largest absolute Gasteiger partial charge is 0.317 e. The van der Waals surface area contributed by atoms with E-state index >= 15 is 0 Å². The fourth-order valence-corrected chi connectivity index (χ4v) is 2.37. The maximum atomic E-state index is 4.66. The van der Waals surface area contributed by atoms with Gasteiger partial charge >= 0.3 is 0 Å². The van der Waals surface area contributed by atoms with Crippen molar-refractivity contribution in [3.63, 3.8) is 0 Å². The second kappa shape index (κ2) is 5.48. The van der Waals surface area contributed by atoms with Gasteiger partial charge in [-0.05, 0) is 53.1 Å². The van der Waals surface area contributed by atoms with Gasteiger partial charge in [-0.3, -0.25) is 4.68 Å². The lowest BCUT2D eigenvalue weighted by molar-refractivity contribution is 0.395. The quantitative estimate of drug-likeness (QED) is 0.831. The summed E-state index contributed by atoms with van der Waals surface area (Å²) in [6.45, 7) is 10.9. The Labute approximate surface area is 99.2 Å². The molecule has 16 heavy (non-hydrogen) atoms. The predicted octanol–water partition coefficient (Wildman–Crippen LogP) is 2.62. The summed E-state index contributed by atoms with van der Waals surface area (Å²) in [5.41, 5.74) is 3.92. The molecule has 0 saturated heterocycles. The van der Waals surface area contributed by atoms with Gasteiger partial charge in [-0.15, -0.1) is 0 Å². The zero-order valence-electron chi connectivity index (χ0n) is 11.5. The number of hydrogen-bond donors (Lipinski definition) is 1. The molecule has 1 rings (SSSR count). The van der Waals surface area contributed by atoms with Crippen LogP contribution in [0.4, 0.5) is 0 Å². The van der Waals surface area contributed by atoms with Crippen molar-refractivity contribution in [1.82, 2.24) is 15.1 Å². The van der Waals surface area contributed by atoms with Crippen molar-refractivity contribution >= 4 is 0 Å². The Balaban J connectivity index is 2.87. The predicted molar refractivity (Wildman–Crippen MR) is 68.9 cm³/mol. The van der Waals surface area contributed by atoms with Crippen molar-refractivity contribution in [2.45, 2.75) is 59.5 Å². The first kappa shape index (κ1) is 13.2. The molecular formula is C13H25N3. The lowest BCUT2D eigenvalue weighted by Crippen LogP contribution is -2.25. The van der Waals surface area contributed by atoms with Crippen molar-refractivity contribution in [3.05, 3.63) is 17.0 Å². The minimum absolute atomic E-state index is 0.460. The number of aromatic nitrogens is 2. The highest BCUT2D eigenvalue weighted by atomic mass is 15.3. The van der Waals surface area contributed by atoms with E-state index < -0.39 is 0 Å². The maximum Gasteiger partial charge on any atom is 0.0628 e. The van der Waals surface area contributed by atoms with Crippen LogP contribution >= 0.6 is 0 Å². The molecule has 0 saturated carbocycles. The summed E-state index contributed by atoms with van der Waals surface area (Å²) in [5.74, 6) is 0. The summed E-state index contributed by atoms with van der Waals surface area (Å²) in [4.78, 5) is 0. The number of nitrogens with zero attached hydrogens (tertiary/aromatic N) is 2. The summed E-state index contributed by atoms with van der Waals surface area (Å²) < 4.78 is 2.18. The van der Waals surface area contributed by atoms with E-state index in [2.05, 4.69) is 49.7 Å². The molecule has 0 aliphatic rings. The smallest absolute Gasteiger partial charge is 0.0628 e. The Morgan fingerprint density at radius 3 is 2.38 bits per heavy atom. The molecule has 0 aromatic carbocycles. The van der Waals surface area contributed by atoms with Crippen LogP contribution in [0.1, 0.15) is 50.2 Å². The standard InChI is InChI=1S/C13H25N3/c1-7-13-11(4)15-16(12(13)5)10(3)8-9(2)14-6/h9-10,14H,7-8H2,1-6H3. The van der Waals surface area contributed by atoms with Gasteiger partial charge < -0.3 is 5.32 Å². The monoisotopic (exact) mass is 223 g/mol. The molecule has 0 bridgehead atoms. The van der Waals surface area contributed by atoms with Crippen molar-refractivity contribution < 1.29 is 0 Å². The molecule has 3 nitrogen and oxygen atoms in total. The third-order valence-electron chi connectivity index (χ3n) is 3.43. The second-order valence-electron chi connectivity index (χ2n) is 4.72. The lowest BCUT2D eigenvalue weighted by Gasteiger charge is -2.18. The van der Waals surface area contributed by atoms with E-state index in [9.17, 15) is 0 Å². The molecule has 92 valence electrons. The van der Waals surface area contributed by atoms with Crippen LogP contribution < -0.4 is 5.32 Å². The molecule has 3 heteroatoms. The van der Waals surface area contributed by atoms with Gasteiger partial charge in [-0.2, -0.15) is 5.10 Å². The lowest BCUT2D eigenvalue weighted by atomic mass is 10.1. The minimum Gasteiger partial charge on any atom is -0.317 e. The van der Waals surface area contributed by atoms with Gasteiger partial charge in [0.1, 0.15) is 0 Å². The van der Waals surface area contributed by atoms with Gasteiger partial charge in [0.25, 0.3) is 0 Å². The molecule has 1 aromatic rings. The molecule has 0 amide bonds. The summed E-state index contributed by atoms with van der Waals surface area (Å²) in [6.07, 6.45) is 2.19. The maximum absolute atomic E-state index is 4.66. The number of rotatable bonds is 5. The fraction of sp³-hybridized carbons (Fsp3) is 0.769. The van der Waals surface area contributed by atoms with Gasteiger partial charge in [0.2, 0.25) is 0 Å². The zero-order chi connectivity index (χ0) is 12.3. The molecule has 1 aromatic heterocycles. The summed E-state index contributed by atoms with van der Waals surface area (Å²) in [7, 11) is 2.01. The van der Waals surface area contributed by atoms with Gasteiger partial charge in [-0.25, -0.2) is 0 Å². The fourth-order valence-electron chi connectivity index (χ4n) is 2.37. The highest BCUT2D eigenvalue weighted by Crippen LogP contribution is 2.20. The van der Waals surface area contributed by atoms with E-state index in [4.69, 9.17) is 0 Å². The highest BCUT2D eigenvalue weighted by molar-refractivity contribution is 5.24. The Bertz CT molecular complexity index is 341. The van der Waals surface area contributed by atoms with Crippen molar-refractivity contribution in [2.75, 3.05) is 7.05 Å². The third kappa shape index (κ3) is 2.64. The van der Waals surface area contributed by atoms with Gasteiger partial charge in [0, 0.05) is 11.7 Å². The average molecular weight is 223 g/mol. The van der Waals surface area contributed by atoms with E-state index in [1.807, 2.05) is 7.05 Å². The molecule has 0 fully saturated rings. The first-order valence-electron chi connectivity index (χ1n) is 6.23. The number of aryl methyl sites for hydroxylation is 1. The van der Waals surface area contributed by atoms with Crippen LogP contribution in [-0.2, 0) is 6.42 Å². The van der Waals surface area contributed by atoms with Gasteiger partial charge in [0.15, 0.2) is 0 Å². The molecule has 1 N–H and O–H groups in total. The molecule has 2 unspecified atom stereocenters. The third-order valence-corrected chi connectivity index (χ3v) is 3.43. The zero-order valence-corrected chi connectivity index (χ0v) is 11.5. The summed E-state index contributed by atoms with van der Waals surface area (Å²) in [5, 5.41) is 7.94. The van der Waals surface area contributed by atoms with Crippen LogP contribution in [-0.4, -0.2) is 22.9 Å². The van der Waals surface area contributed by atoms with E-state index in [0.29, 0.717) is 12.1 Å². The van der Waals surface area contributed by atoms with Crippen molar-refractivity contribution in [2.24, 2.45) is 0 Å². The van der Waals surface area contributed by atoms with Crippen LogP contribution in [0.3, 0.4) is 0 Å². The van der Waals surface area contributed by atoms with Crippen molar-refractivity contribution in [1.29, 1.82) is 0 Å². The number of hydrogen-bond acceptors (Lipinski definition) is 2. The Kier molecular flexibility index (Phi) is 4.54. The highest BCUT2D eigenvalue weighted by Gasteiger charge is 2.15. The Morgan fingerprint density at radius 1 is 1.31 bits per heavy atom. The topological polar surface area (TPSA) is 29.9 Å². The van der Waals surface area contributed by atoms with E-state index in [1.54, 1.807) is 0 Å². The van der Waals surface area contributed by atoms with Crippen LogP contribution in [0.15, 0.2) is 0 Å². The van der Waals surface area contributed by atoms with Crippen LogP contribution in [0.5, 0.6) is 0 Å². The SMILES string of the molecule is CCc1c(C)nn(C(C)CC(C)NC)c1C. The molecule has 1 heterocycles. The minimum atomic E-state index is 0.460. The number of nitrogens with one attached hydrogen (secondary N) is 1. The van der Waals surface area contributed by atoms with Crippen LogP contribution in [0, 0.1) is 13.8 Å². The van der Waals surface area contributed by atoms with Crippen molar-refractivity contribution in [3.8, 4) is 0 Å². The first-order valence-corrected chi connectivity index (χ1v) is 6.23.